The summed E-state index contributed by atoms with van der Waals surface area (Å²) in [6.45, 7) is 7.31. The summed E-state index contributed by atoms with van der Waals surface area (Å²) >= 11 is 0. The first-order valence-electron chi connectivity index (χ1n) is 6.19. The molecular formula is C12H21N3O3. The maximum atomic E-state index is 11.1. The van der Waals surface area contributed by atoms with Gasteiger partial charge in [-0.25, -0.2) is 0 Å². The Kier molecular flexibility index (Phi) is 5.77. The van der Waals surface area contributed by atoms with Crippen molar-refractivity contribution in [3.63, 3.8) is 0 Å². The van der Waals surface area contributed by atoms with E-state index in [1.165, 1.54) is 7.11 Å². The van der Waals surface area contributed by atoms with E-state index in [9.17, 15) is 4.79 Å². The lowest BCUT2D eigenvalue weighted by molar-refractivity contribution is -0.141. The van der Waals surface area contributed by atoms with Crippen LogP contribution in [-0.2, 0) is 22.5 Å². The van der Waals surface area contributed by atoms with Crippen LogP contribution in [0.1, 0.15) is 38.9 Å². The van der Waals surface area contributed by atoms with Gasteiger partial charge in [0, 0.05) is 19.0 Å². The third-order valence-corrected chi connectivity index (χ3v) is 2.72. The Morgan fingerprint density at radius 3 is 2.72 bits per heavy atom. The topological polar surface area (TPSA) is 68.5 Å². The van der Waals surface area contributed by atoms with E-state index >= 15 is 0 Å². The second-order valence-electron chi connectivity index (χ2n) is 4.35. The van der Waals surface area contributed by atoms with Crippen LogP contribution in [0.4, 0.5) is 0 Å². The highest BCUT2D eigenvalue weighted by Gasteiger charge is 2.15. The summed E-state index contributed by atoms with van der Waals surface area (Å²) in [5.74, 6) is 1.09. The van der Waals surface area contributed by atoms with Crippen LogP contribution in [0.15, 0.2) is 4.52 Å². The van der Waals surface area contributed by atoms with Crippen LogP contribution in [0, 0.1) is 0 Å². The van der Waals surface area contributed by atoms with E-state index in [4.69, 9.17) is 4.52 Å². The van der Waals surface area contributed by atoms with Gasteiger partial charge in [0.05, 0.1) is 20.1 Å². The summed E-state index contributed by atoms with van der Waals surface area (Å²) in [5.41, 5.74) is 0. The van der Waals surface area contributed by atoms with Crippen molar-refractivity contribution in [2.45, 2.75) is 46.2 Å². The predicted octanol–water partition coefficient (Wildman–Crippen LogP) is 1.41. The number of hydrogen-bond acceptors (Lipinski definition) is 6. The molecule has 1 aromatic rings. The zero-order chi connectivity index (χ0) is 13.5. The molecule has 1 aromatic heterocycles. The number of hydrogen-bond donors (Lipinski definition) is 0. The summed E-state index contributed by atoms with van der Waals surface area (Å²) in [7, 11) is 1.40. The molecule has 0 bridgehead atoms. The third-order valence-electron chi connectivity index (χ3n) is 2.72. The molecule has 0 N–H and O–H groups in total. The fourth-order valence-corrected chi connectivity index (χ4v) is 1.54. The first kappa shape index (κ1) is 14.6. The van der Waals surface area contributed by atoms with Crippen molar-refractivity contribution in [2.24, 2.45) is 0 Å². The van der Waals surface area contributed by atoms with E-state index in [2.05, 4.69) is 33.6 Å². The molecule has 6 heteroatoms. The minimum Gasteiger partial charge on any atom is -0.469 e. The lowest BCUT2D eigenvalue weighted by Gasteiger charge is -2.24. The predicted molar refractivity (Wildman–Crippen MR) is 65.9 cm³/mol. The number of aryl methyl sites for hydroxylation is 1. The quantitative estimate of drug-likeness (QED) is 0.686. The van der Waals surface area contributed by atoms with E-state index in [1.807, 2.05) is 6.92 Å². The number of rotatable bonds is 7. The Hall–Kier alpha value is -1.43. The van der Waals surface area contributed by atoms with Gasteiger partial charge in [0.1, 0.15) is 0 Å². The van der Waals surface area contributed by atoms with Gasteiger partial charge in [-0.2, -0.15) is 4.98 Å². The lowest BCUT2D eigenvalue weighted by Crippen LogP contribution is -2.33. The van der Waals surface area contributed by atoms with E-state index in [-0.39, 0.29) is 5.97 Å². The van der Waals surface area contributed by atoms with Crippen LogP contribution < -0.4 is 0 Å². The lowest BCUT2D eigenvalue weighted by atomic mass is 10.3. The first-order chi connectivity index (χ1) is 8.56. The van der Waals surface area contributed by atoms with Gasteiger partial charge in [-0.3, -0.25) is 9.69 Å². The fourth-order valence-electron chi connectivity index (χ4n) is 1.54. The molecule has 0 unspecified atom stereocenters. The van der Waals surface area contributed by atoms with Crippen LogP contribution in [0.5, 0.6) is 0 Å². The third kappa shape index (κ3) is 4.44. The number of esters is 1. The van der Waals surface area contributed by atoms with Crippen molar-refractivity contribution in [3.8, 4) is 0 Å². The number of carbonyl (C=O) groups excluding carboxylic acids is 1. The Bertz CT molecular complexity index is 376. The monoisotopic (exact) mass is 255 g/mol. The smallest absolute Gasteiger partial charge is 0.306 e. The molecule has 18 heavy (non-hydrogen) atoms. The van der Waals surface area contributed by atoms with Gasteiger partial charge in [-0.05, 0) is 13.8 Å². The van der Waals surface area contributed by atoms with Gasteiger partial charge in [-0.1, -0.05) is 12.1 Å². The molecule has 0 aliphatic rings. The zero-order valence-electron chi connectivity index (χ0n) is 11.5. The molecule has 0 radical (unpaired) electrons. The highest BCUT2D eigenvalue weighted by Crippen LogP contribution is 2.07. The van der Waals surface area contributed by atoms with Gasteiger partial charge in [0.2, 0.25) is 5.89 Å². The summed E-state index contributed by atoms with van der Waals surface area (Å²) in [6.07, 6.45) is 1.10. The van der Waals surface area contributed by atoms with Gasteiger partial charge < -0.3 is 9.26 Å². The molecule has 0 atom stereocenters. The molecule has 0 aliphatic heterocycles. The molecular weight excluding hydrogens is 234 g/mol. The Morgan fingerprint density at radius 2 is 2.22 bits per heavy atom. The number of carbonyl (C=O) groups is 1. The minimum absolute atomic E-state index is 0.206. The standard InChI is InChI=1S/C12H21N3O3/c1-5-11-13-10(14-18-11)8-15(9(2)3)7-6-12(16)17-4/h9H,5-8H2,1-4H3. The number of methoxy groups -OCH3 is 1. The second-order valence-corrected chi connectivity index (χ2v) is 4.35. The van der Waals surface area contributed by atoms with Crippen molar-refractivity contribution in [1.82, 2.24) is 15.0 Å². The highest BCUT2D eigenvalue weighted by molar-refractivity contribution is 5.69. The molecule has 0 aromatic carbocycles. The molecule has 0 saturated heterocycles. The van der Waals surface area contributed by atoms with Crippen LogP contribution in [0.25, 0.3) is 0 Å². The molecule has 102 valence electrons. The van der Waals surface area contributed by atoms with E-state index in [0.717, 1.165) is 6.42 Å². The fraction of sp³-hybridized carbons (Fsp3) is 0.750. The summed E-state index contributed by atoms with van der Waals surface area (Å²) in [4.78, 5) is 17.5. The van der Waals surface area contributed by atoms with Crippen molar-refractivity contribution < 1.29 is 14.1 Å². The van der Waals surface area contributed by atoms with Crippen LogP contribution in [0.3, 0.4) is 0 Å². The molecule has 1 heterocycles. The van der Waals surface area contributed by atoms with Gasteiger partial charge in [0.15, 0.2) is 5.82 Å². The van der Waals surface area contributed by atoms with E-state index in [0.29, 0.717) is 37.3 Å². The number of nitrogens with zero attached hydrogens (tertiary/aromatic N) is 3. The van der Waals surface area contributed by atoms with Gasteiger partial charge >= 0.3 is 5.97 Å². The highest BCUT2D eigenvalue weighted by atomic mass is 16.5. The summed E-state index contributed by atoms with van der Waals surface area (Å²) < 4.78 is 9.70. The van der Waals surface area contributed by atoms with Crippen molar-refractivity contribution in [2.75, 3.05) is 13.7 Å². The van der Waals surface area contributed by atoms with Crippen LogP contribution >= 0.6 is 0 Å². The van der Waals surface area contributed by atoms with Crippen LogP contribution in [0.2, 0.25) is 0 Å². The maximum Gasteiger partial charge on any atom is 0.306 e. The Labute approximate surface area is 107 Å². The molecule has 6 nitrogen and oxygen atoms in total. The average Bonchev–Trinajstić information content (AvgIpc) is 2.81. The molecule has 1 rings (SSSR count). The van der Waals surface area contributed by atoms with Gasteiger partial charge in [-0.15, -0.1) is 0 Å². The Morgan fingerprint density at radius 1 is 1.50 bits per heavy atom. The SMILES string of the molecule is CCc1nc(CN(CCC(=O)OC)C(C)C)no1. The number of ether oxygens (including phenoxy) is 1. The molecule has 0 fully saturated rings. The average molecular weight is 255 g/mol. The Balaban J connectivity index is 2.54. The zero-order valence-corrected chi connectivity index (χ0v) is 11.5. The van der Waals surface area contributed by atoms with Crippen molar-refractivity contribution in [3.05, 3.63) is 11.7 Å². The molecule has 0 aliphatic carbocycles. The molecule has 0 amide bonds. The van der Waals surface area contributed by atoms with E-state index in [1.54, 1.807) is 0 Å². The number of aromatic nitrogens is 2. The maximum absolute atomic E-state index is 11.1. The van der Waals surface area contributed by atoms with Crippen molar-refractivity contribution in [1.29, 1.82) is 0 Å². The summed E-state index contributed by atoms with van der Waals surface area (Å²) in [5, 5.41) is 3.91. The largest absolute Gasteiger partial charge is 0.469 e. The minimum atomic E-state index is -0.206. The van der Waals surface area contributed by atoms with E-state index < -0.39 is 0 Å². The molecule has 0 spiro atoms. The molecule has 0 saturated carbocycles. The normalized spacial score (nSPS) is 11.2. The van der Waals surface area contributed by atoms with Crippen LogP contribution in [-0.4, -0.2) is 40.7 Å². The summed E-state index contributed by atoms with van der Waals surface area (Å²) in [6, 6.07) is 0.304. The second kappa shape index (κ2) is 7.10. The van der Waals surface area contributed by atoms with Crippen molar-refractivity contribution >= 4 is 5.97 Å². The van der Waals surface area contributed by atoms with Gasteiger partial charge in [0.25, 0.3) is 0 Å². The first-order valence-corrected chi connectivity index (χ1v) is 6.19.